The molecule has 0 bridgehead atoms. The van der Waals surface area contributed by atoms with Crippen molar-refractivity contribution in [2.45, 2.75) is 11.2 Å². The Labute approximate surface area is 111 Å². The lowest BCUT2D eigenvalue weighted by molar-refractivity contribution is 0.857. The molecule has 0 nitrogen and oxygen atoms in total. The maximum atomic E-state index is 3.88. The van der Waals surface area contributed by atoms with Gasteiger partial charge in [0.15, 0.2) is 0 Å². The van der Waals surface area contributed by atoms with Gasteiger partial charge in [0.05, 0.1) is 4.32 Å². The molecule has 0 aliphatic carbocycles. The molecule has 0 aromatic heterocycles. The molecular formula is C16H15Br. The first-order valence-electron chi connectivity index (χ1n) is 5.62. The van der Waals surface area contributed by atoms with E-state index in [1.54, 1.807) is 0 Å². The van der Waals surface area contributed by atoms with E-state index in [-0.39, 0.29) is 4.32 Å². The van der Waals surface area contributed by atoms with Crippen molar-refractivity contribution in [2.75, 3.05) is 0 Å². The van der Waals surface area contributed by atoms with Crippen LogP contribution in [0.3, 0.4) is 0 Å². The largest absolute Gasteiger partial charge is 0.0985 e. The zero-order valence-corrected chi connectivity index (χ0v) is 11.4. The fourth-order valence-electron chi connectivity index (χ4n) is 2.01. The Kier molecular flexibility index (Phi) is 3.49. The summed E-state index contributed by atoms with van der Waals surface area (Å²) in [6, 6.07) is 18.7. The highest BCUT2D eigenvalue weighted by Crippen LogP contribution is 2.39. The summed E-state index contributed by atoms with van der Waals surface area (Å²) in [5.41, 5.74) is 3.64. The molecule has 0 aliphatic heterocycles. The summed E-state index contributed by atoms with van der Waals surface area (Å²) in [7, 11) is 0. The number of benzene rings is 2. The second kappa shape index (κ2) is 4.89. The van der Waals surface area contributed by atoms with Crippen molar-refractivity contribution >= 4 is 22.0 Å². The minimum atomic E-state index is -0.182. The van der Waals surface area contributed by atoms with Crippen molar-refractivity contribution < 1.29 is 0 Å². The highest BCUT2D eigenvalue weighted by Gasteiger charge is 2.26. The van der Waals surface area contributed by atoms with E-state index < -0.39 is 0 Å². The van der Waals surface area contributed by atoms with Crippen molar-refractivity contribution in [3.05, 3.63) is 77.9 Å². The second-order valence-corrected chi connectivity index (χ2v) is 5.75. The normalized spacial score (nSPS) is 14.0. The average Bonchev–Trinajstić information content (AvgIpc) is 2.39. The van der Waals surface area contributed by atoms with Gasteiger partial charge in [0, 0.05) is 0 Å². The van der Waals surface area contributed by atoms with Gasteiger partial charge in [-0.05, 0) is 23.6 Å². The van der Waals surface area contributed by atoms with Crippen molar-refractivity contribution in [1.29, 1.82) is 0 Å². The van der Waals surface area contributed by atoms with Crippen LogP contribution < -0.4 is 0 Å². The van der Waals surface area contributed by atoms with Crippen LogP contribution >= 0.6 is 15.9 Å². The summed E-state index contributed by atoms with van der Waals surface area (Å²) < 4.78 is -0.182. The quantitative estimate of drug-likeness (QED) is 0.698. The zero-order chi connectivity index (χ0) is 12.3. The van der Waals surface area contributed by atoms with E-state index in [9.17, 15) is 0 Å². The molecule has 86 valence electrons. The van der Waals surface area contributed by atoms with Gasteiger partial charge in [-0.3, -0.25) is 0 Å². The molecule has 0 aliphatic rings. The predicted molar refractivity (Wildman–Crippen MR) is 78.4 cm³/mol. The Bertz CT molecular complexity index is 512. The number of halogens is 1. The highest BCUT2D eigenvalue weighted by molar-refractivity contribution is 9.09. The first kappa shape index (κ1) is 12.1. The molecule has 0 amide bonds. The number of rotatable bonds is 3. The molecule has 17 heavy (non-hydrogen) atoms. The molecule has 0 fully saturated rings. The van der Waals surface area contributed by atoms with Gasteiger partial charge in [-0.25, -0.2) is 0 Å². The molecule has 1 heteroatoms. The van der Waals surface area contributed by atoms with Crippen LogP contribution in [-0.2, 0) is 4.32 Å². The van der Waals surface area contributed by atoms with Crippen LogP contribution in [0.15, 0.2) is 61.2 Å². The number of alkyl halides is 1. The summed E-state index contributed by atoms with van der Waals surface area (Å²) in [6.45, 7) is 6.05. The minimum Gasteiger partial charge on any atom is -0.0985 e. The first-order valence-corrected chi connectivity index (χ1v) is 6.42. The number of hydrogen-bond donors (Lipinski definition) is 0. The van der Waals surface area contributed by atoms with E-state index in [4.69, 9.17) is 0 Å². The van der Waals surface area contributed by atoms with Crippen molar-refractivity contribution in [1.82, 2.24) is 0 Å². The van der Waals surface area contributed by atoms with E-state index >= 15 is 0 Å². The van der Waals surface area contributed by atoms with Crippen molar-refractivity contribution in [2.24, 2.45) is 0 Å². The van der Waals surface area contributed by atoms with E-state index in [0.29, 0.717) is 0 Å². The third-order valence-electron chi connectivity index (χ3n) is 3.00. The van der Waals surface area contributed by atoms with Gasteiger partial charge in [0.25, 0.3) is 0 Å². The minimum absolute atomic E-state index is 0.182. The van der Waals surface area contributed by atoms with Crippen LogP contribution in [0.2, 0.25) is 0 Å². The van der Waals surface area contributed by atoms with Crippen LogP contribution in [-0.4, -0.2) is 0 Å². The molecule has 0 saturated carbocycles. The van der Waals surface area contributed by atoms with E-state index in [2.05, 4.69) is 71.9 Å². The standard InChI is InChI=1S/C16H15Br/c1-3-13-9-7-8-12-15(13)16(2,17)14-10-5-4-6-11-14/h3-12H,1H2,2H3. The van der Waals surface area contributed by atoms with Gasteiger partial charge in [-0.15, -0.1) is 0 Å². The Morgan fingerprint density at radius 1 is 1.00 bits per heavy atom. The molecule has 0 saturated heterocycles. The lowest BCUT2D eigenvalue weighted by Crippen LogP contribution is -2.16. The topological polar surface area (TPSA) is 0 Å². The summed E-state index contributed by atoms with van der Waals surface area (Å²) in [5, 5.41) is 0. The van der Waals surface area contributed by atoms with Gasteiger partial charge >= 0.3 is 0 Å². The van der Waals surface area contributed by atoms with Crippen LogP contribution in [0.5, 0.6) is 0 Å². The molecule has 2 aromatic rings. The summed E-state index contributed by atoms with van der Waals surface area (Å²) in [4.78, 5) is 0. The predicted octanol–water partition coefficient (Wildman–Crippen LogP) is 4.99. The van der Waals surface area contributed by atoms with Crippen LogP contribution in [0, 0.1) is 0 Å². The van der Waals surface area contributed by atoms with Gasteiger partial charge in [-0.1, -0.05) is 83.2 Å². The monoisotopic (exact) mass is 286 g/mol. The van der Waals surface area contributed by atoms with Crippen molar-refractivity contribution in [3.63, 3.8) is 0 Å². The maximum Gasteiger partial charge on any atom is 0.0732 e. The van der Waals surface area contributed by atoms with E-state index in [0.717, 1.165) is 5.56 Å². The first-order chi connectivity index (χ1) is 8.16. The van der Waals surface area contributed by atoms with Crippen LogP contribution in [0.25, 0.3) is 6.08 Å². The molecule has 0 spiro atoms. The van der Waals surface area contributed by atoms with Crippen LogP contribution in [0.1, 0.15) is 23.6 Å². The SMILES string of the molecule is C=Cc1ccccc1C(C)(Br)c1ccccc1. The Balaban J connectivity index is 2.55. The highest BCUT2D eigenvalue weighted by atomic mass is 79.9. The Hall–Kier alpha value is -1.34. The molecule has 1 atom stereocenters. The average molecular weight is 287 g/mol. The number of hydrogen-bond acceptors (Lipinski definition) is 0. The van der Waals surface area contributed by atoms with Gasteiger partial charge < -0.3 is 0 Å². The maximum absolute atomic E-state index is 3.88. The third kappa shape index (κ3) is 2.34. The molecule has 2 rings (SSSR count). The molecule has 0 radical (unpaired) electrons. The molecular weight excluding hydrogens is 272 g/mol. The summed E-state index contributed by atoms with van der Waals surface area (Å²) >= 11 is 3.84. The fourth-order valence-corrected chi connectivity index (χ4v) is 2.63. The van der Waals surface area contributed by atoms with E-state index in [1.165, 1.54) is 11.1 Å². The molecule has 0 N–H and O–H groups in total. The third-order valence-corrected chi connectivity index (χ3v) is 3.89. The second-order valence-electron chi connectivity index (χ2n) is 4.16. The fraction of sp³-hybridized carbons (Fsp3) is 0.125. The lowest BCUT2D eigenvalue weighted by Gasteiger charge is -2.25. The van der Waals surface area contributed by atoms with Crippen LogP contribution in [0.4, 0.5) is 0 Å². The van der Waals surface area contributed by atoms with Gasteiger partial charge in [0.2, 0.25) is 0 Å². The summed E-state index contributed by atoms with van der Waals surface area (Å²) in [6.07, 6.45) is 1.90. The molecule has 1 unspecified atom stereocenters. The van der Waals surface area contributed by atoms with Gasteiger partial charge in [0.1, 0.15) is 0 Å². The Morgan fingerprint density at radius 3 is 2.24 bits per heavy atom. The zero-order valence-electron chi connectivity index (χ0n) is 9.86. The molecule has 0 heterocycles. The summed E-state index contributed by atoms with van der Waals surface area (Å²) in [5.74, 6) is 0. The van der Waals surface area contributed by atoms with Crippen molar-refractivity contribution in [3.8, 4) is 0 Å². The smallest absolute Gasteiger partial charge is 0.0732 e. The van der Waals surface area contributed by atoms with Gasteiger partial charge in [-0.2, -0.15) is 0 Å². The molecule has 2 aromatic carbocycles. The lowest BCUT2D eigenvalue weighted by atomic mass is 9.89. The Morgan fingerprint density at radius 2 is 1.59 bits per heavy atom. The van der Waals surface area contributed by atoms with E-state index in [1.807, 2.05) is 18.2 Å².